The number of rotatable bonds is 2. The van der Waals surface area contributed by atoms with Crippen molar-refractivity contribution in [1.82, 2.24) is 0 Å². The highest BCUT2D eigenvalue weighted by Crippen LogP contribution is 2.31. The third kappa shape index (κ3) is 3.34. The van der Waals surface area contributed by atoms with Crippen LogP contribution in [-0.4, -0.2) is 11.6 Å². The Labute approximate surface area is 162 Å². The molecule has 1 aliphatic heterocycles. The lowest BCUT2D eigenvalue weighted by molar-refractivity contribution is -0.707. The fraction of sp³-hybridized carbons (Fsp3) is 0.0500. The topological polar surface area (TPSA) is 45.3 Å². The minimum Gasteiger partial charge on any atom is -1.00 e. The van der Waals surface area contributed by atoms with E-state index in [-0.39, 0.29) is 18.3 Å². The number of aromatic nitrogens is 1. The molecule has 0 radical (unpaired) electrons. The van der Waals surface area contributed by atoms with Crippen molar-refractivity contribution in [2.24, 2.45) is 4.99 Å². The van der Waals surface area contributed by atoms with E-state index in [1.54, 1.807) is 10.6 Å². The van der Waals surface area contributed by atoms with Crippen molar-refractivity contribution in [3.05, 3.63) is 95.3 Å². The molecule has 0 spiro atoms. The van der Waals surface area contributed by atoms with E-state index in [2.05, 4.69) is 5.32 Å². The van der Waals surface area contributed by atoms with Gasteiger partial charge in [0.15, 0.2) is 12.4 Å². The van der Waals surface area contributed by atoms with Crippen LogP contribution in [0, 0.1) is 0 Å². The molecule has 3 aromatic rings. The number of aliphatic imine (C=N–C) groups is 1. The van der Waals surface area contributed by atoms with Gasteiger partial charge >= 0.3 is 12.1 Å². The van der Waals surface area contributed by atoms with Crippen LogP contribution >= 0.6 is 11.6 Å². The van der Waals surface area contributed by atoms with Crippen LogP contribution in [0.5, 0.6) is 0 Å². The molecular weight excluding hydrogens is 369 g/mol. The second kappa shape index (κ2) is 7.68. The summed E-state index contributed by atoms with van der Waals surface area (Å²) in [7, 11) is 0. The largest absolute Gasteiger partial charge is 1.00 e. The predicted octanol–water partition coefficient (Wildman–Crippen LogP) is 0.620. The van der Waals surface area contributed by atoms with E-state index < -0.39 is 6.17 Å². The summed E-state index contributed by atoms with van der Waals surface area (Å²) in [5, 5.41) is 3.51. The van der Waals surface area contributed by atoms with Crippen LogP contribution in [0.25, 0.3) is 0 Å². The highest BCUT2D eigenvalue weighted by Gasteiger charge is 2.32. The normalized spacial score (nSPS) is 15.8. The molecule has 2 heterocycles. The third-order valence-electron chi connectivity index (χ3n) is 4.06. The molecule has 1 amide bonds. The summed E-state index contributed by atoms with van der Waals surface area (Å²) in [6, 6.07) is 20.9. The molecule has 0 fully saturated rings. The molecule has 130 valence electrons. The number of pyridine rings is 1. The van der Waals surface area contributed by atoms with Gasteiger partial charge in [-0.3, -0.25) is 4.79 Å². The molecule has 1 aliphatic rings. The quantitative estimate of drug-likeness (QED) is 0.647. The number of benzene rings is 2. The molecule has 1 N–H and O–H groups in total. The van der Waals surface area contributed by atoms with E-state index in [1.807, 2.05) is 73.1 Å². The number of halogens is 2. The average Bonchev–Trinajstić information content (AvgIpc) is 2.80. The number of nitrogens with zero attached hydrogens (tertiary/aromatic N) is 2. The second-order valence-electron chi connectivity index (χ2n) is 5.69. The Hall–Kier alpha value is -2.69. The Morgan fingerprint density at radius 3 is 2.35 bits per heavy atom. The molecule has 4 rings (SSSR count). The van der Waals surface area contributed by atoms with Gasteiger partial charge in [0.2, 0.25) is 0 Å². The van der Waals surface area contributed by atoms with Crippen molar-refractivity contribution in [2.75, 3.05) is 5.32 Å². The van der Waals surface area contributed by atoms with E-state index in [1.165, 1.54) is 0 Å². The minimum atomic E-state index is -0.708. The highest BCUT2D eigenvalue weighted by molar-refractivity contribution is 6.37. The van der Waals surface area contributed by atoms with Crippen molar-refractivity contribution in [3.63, 3.8) is 0 Å². The smallest absolute Gasteiger partial charge is 0.331 e. The zero-order valence-corrected chi connectivity index (χ0v) is 15.2. The zero-order chi connectivity index (χ0) is 17.2. The Bertz CT molecular complexity index is 959. The summed E-state index contributed by atoms with van der Waals surface area (Å²) in [4.78, 5) is 17.6. The molecule has 6 heteroatoms. The maximum absolute atomic E-state index is 12.8. The van der Waals surface area contributed by atoms with Gasteiger partial charge in [-0.05, 0) is 12.1 Å². The summed E-state index contributed by atoms with van der Waals surface area (Å²) in [5.41, 5.74) is 3.01. The highest BCUT2D eigenvalue weighted by atomic mass is 35.5. The zero-order valence-electron chi connectivity index (χ0n) is 13.6. The fourth-order valence-electron chi connectivity index (χ4n) is 2.90. The van der Waals surface area contributed by atoms with Crippen molar-refractivity contribution < 1.29 is 21.8 Å². The molecule has 4 nitrogen and oxygen atoms in total. The van der Waals surface area contributed by atoms with Crippen molar-refractivity contribution in [2.45, 2.75) is 6.17 Å². The summed E-state index contributed by atoms with van der Waals surface area (Å²) in [5.74, 6) is -0.203. The van der Waals surface area contributed by atoms with Crippen molar-refractivity contribution >= 4 is 28.9 Å². The molecule has 1 aromatic heterocycles. The Morgan fingerprint density at radius 2 is 1.62 bits per heavy atom. The summed E-state index contributed by atoms with van der Waals surface area (Å²) in [6.07, 6.45) is 2.95. The molecule has 2 aromatic carbocycles. The van der Waals surface area contributed by atoms with Crippen LogP contribution in [0.4, 0.5) is 5.69 Å². The first-order chi connectivity index (χ1) is 12.2. The first-order valence-corrected chi connectivity index (χ1v) is 8.30. The Kier molecular flexibility index (Phi) is 5.35. The Morgan fingerprint density at radius 1 is 0.923 bits per heavy atom. The van der Waals surface area contributed by atoms with Crippen LogP contribution in [-0.2, 0) is 4.79 Å². The van der Waals surface area contributed by atoms with Gasteiger partial charge in [-0.25, -0.2) is 4.99 Å². The average molecular weight is 384 g/mol. The summed E-state index contributed by atoms with van der Waals surface area (Å²) in [6.45, 7) is 0. The first kappa shape index (κ1) is 18.1. The van der Waals surface area contributed by atoms with E-state index in [0.717, 1.165) is 11.1 Å². The first-order valence-electron chi connectivity index (χ1n) is 7.93. The van der Waals surface area contributed by atoms with Gasteiger partial charge in [0.1, 0.15) is 0 Å². The van der Waals surface area contributed by atoms with Gasteiger partial charge in [0.05, 0.1) is 16.4 Å². The number of fused-ring (bicyclic) bond motifs is 1. The monoisotopic (exact) mass is 383 g/mol. The SMILES string of the molecule is O=C1Nc2cccc(Cl)c2C(c2ccccc2)=NC1[n+]1ccccc1.[Cl-]. The van der Waals surface area contributed by atoms with Gasteiger partial charge in [-0.2, -0.15) is 4.57 Å². The van der Waals surface area contributed by atoms with E-state index in [9.17, 15) is 4.79 Å². The maximum Gasteiger partial charge on any atom is 0.331 e. The van der Waals surface area contributed by atoms with E-state index >= 15 is 0 Å². The number of carbonyl (C=O) groups is 1. The number of hydrogen-bond acceptors (Lipinski definition) is 2. The van der Waals surface area contributed by atoms with Gasteiger partial charge in [0.25, 0.3) is 0 Å². The van der Waals surface area contributed by atoms with Crippen LogP contribution < -0.4 is 22.3 Å². The number of benzodiazepines with no additional fused rings is 1. The lowest BCUT2D eigenvalue weighted by Crippen LogP contribution is -3.00. The molecule has 0 saturated carbocycles. The van der Waals surface area contributed by atoms with E-state index in [0.29, 0.717) is 16.4 Å². The van der Waals surface area contributed by atoms with Crippen molar-refractivity contribution in [1.29, 1.82) is 0 Å². The number of amides is 1. The van der Waals surface area contributed by atoms with Gasteiger partial charge < -0.3 is 17.7 Å². The van der Waals surface area contributed by atoms with Crippen LogP contribution in [0.3, 0.4) is 0 Å². The number of anilines is 1. The summed E-state index contributed by atoms with van der Waals surface area (Å²) >= 11 is 6.46. The molecule has 0 saturated heterocycles. The van der Waals surface area contributed by atoms with Crippen LogP contribution in [0.1, 0.15) is 17.3 Å². The lowest BCUT2D eigenvalue weighted by atomic mass is 10.0. The fourth-order valence-corrected chi connectivity index (χ4v) is 3.17. The molecule has 0 bridgehead atoms. The standard InChI is InChI=1S/C20H14ClN3O.ClH/c21-15-10-7-11-16-17(15)18(14-8-3-1-4-9-14)23-19(20(25)22-16)24-12-5-2-6-13-24;/h1-13,19H;1H. The second-order valence-corrected chi connectivity index (χ2v) is 6.10. The number of hydrogen-bond donors (Lipinski definition) is 1. The van der Waals surface area contributed by atoms with E-state index in [4.69, 9.17) is 16.6 Å². The number of carbonyl (C=O) groups excluding carboxylic acids is 1. The predicted molar refractivity (Wildman–Crippen MR) is 97.8 cm³/mol. The molecule has 1 atom stereocenters. The molecule has 26 heavy (non-hydrogen) atoms. The van der Waals surface area contributed by atoms with Crippen molar-refractivity contribution in [3.8, 4) is 0 Å². The molecule has 0 aliphatic carbocycles. The molecule has 1 unspecified atom stereocenters. The van der Waals surface area contributed by atoms with Crippen LogP contribution in [0.2, 0.25) is 5.02 Å². The number of nitrogens with one attached hydrogen (secondary N) is 1. The minimum absolute atomic E-state index is 0. The van der Waals surface area contributed by atoms with Gasteiger partial charge in [-0.15, -0.1) is 0 Å². The lowest BCUT2D eigenvalue weighted by Gasteiger charge is -2.11. The van der Waals surface area contributed by atoms with Gasteiger partial charge in [-0.1, -0.05) is 54.1 Å². The summed E-state index contributed by atoms with van der Waals surface area (Å²) < 4.78 is 1.78. The van der Waals surface area contributed by atoms with Crippen LogP contribution in [0.15, 0.2) is 84.1 Å². The maximum atomic E-state index is 12.8. The molecular formula is C20H15Cl2N3O. The Balaban J connectivity index is 0.00000196. The van der Waals surface area contributed by atoms with Gasteiger partial charge in [0, 0.05) is 23.3 Å². The third-order valence-corrected chi connectivity index (χ3v) is 4.38.